The second-order valence-corrected chi connectivity index (χ2v) is 17.0. The van der Waals surface area contributed by atoms with Crippen LogP contribution in [0.2, 0.25) is 0 Å². The summed E-state index contributed by atoms with van der Waals surface area (Å²) in [5, 5.41) is 7.16. The van der Waals surface area contributed by atoms with Crippen LogP contribution in [0.1, 0.15) is 51.6 Å². The first kappa shape index (κ1) is 34.2. The third kappa shape index (κ3) is 5.07. The molecule has 0 bridgehead atoms. The molecule has 4 heterocycles. The second-order valence-electron chi connectivity index (χ2n) is 17.0. The Morgan fingerprint density at radius 2 is 0.707 bits per heavy atom. The van der Waals surface area contributed by atoms with Crippen LogP contribution in [0.5, 0.6) is 0 Å². The molecule has 58 heavy (non-hydrogen) atoms. The Kier molecular flexibility index (Phi) is 7.36. The van der Waals surface area contributed by atoms with E-state index in [9.17, 15) is 0 Å². The van der Waals surface area contributed by atoms with Gasteiger partial charge in [-0.25, -0.2) is 0 Å². The van der Waals surface area contributed by atoms with E-state index in [4.69, 9.17) is 15.0 Å². The minimum Gasteiger partial charge on any atom is -0.309 e. The molecule has 280 valence electrons. The average molecular weight is 751 g/mol. The lowest BCUT2D eigenvalue weighted by molar-refractivity contribution is 0.537. The van der Waals surface area contributed by atoms with E-state index in [-0.39, 0.29) is 10.8 Å². The van der Waals surface area contributed by atoms with Gasteiger partial charge in [-0.2, -0.15) is 15.0 Å². The van der Waals surface area contributed by atoms with Crippen LogP contribution in [-0.2, 0) is 10.8 Å². The number of nitrogens with zero attached hydrogens (tertiary/aromatic N) is 6. The zero-order valence-electron chi connectivity index (χ0n) is 33.3. The minimum absolute atomic E-state index is 0.335. The zero-order chi connectivity index (χ0) is 39.3. The van der Waals surface area contributed by atoms with Gasteiger partial charge >= 0.3 is 0 Å². The number of aromatic nitrogens is 6. The van der Waals surface area contributed by atoms with Gasteiger partial charge in [0.2, 0.25) is 11.9 Å². The highest BCUT2D eigenvalue weighted by molar-refractivity contribution is 6.11. The molecule has 0 atom stereocenters. The molecule has 0 amide bonds. The SMILES string of the molecule is CC(C)(C)c1nc(-n2c3ccccc3c3ccccc32)nc(-n2c3ccccc3c3ccc(C(C)(C)c4ccc5c6ccccc6n(-c6ccccc6)c5c4)cc32)n1. The normalized spacial score (nSPS) is 12.6. The summed E-state index contributed by atoms with van der Waals surface area (Å²) in [4.78, 5) is 15.9. The van der Waals surface area contributed by atoms with Gasteiger partial charge in [-0.3, -0.25) is 9.13 Å². The molecule has 0 N–H and O–H groups in total. The van der Waals surface area contributed by atoms with E-state index in [2.05, 4.69) is 212 Å². The molecular weight excluding hydrogens is 709 g/mol. The number of hydrogen-bond acceptors (Lipinski definition) is 3. The van der Waals surface area contributed by atoms with Crippen LogP contribution in [0.4, 0.5) is 0 Å². The largest absolute Gasteiger partial charge is 0.309 e. The molecule has 4 aromatic heterocycles. The maximum absolute atomic E-state index is 5.38. The van der Waals surface area contributed by atoms with Crippen LogP contribution in [0.3, 0.4) is 0 Å². The van der Waals surface area contributed by atoms with Crippen LogP contribution in [0.25, 0.3) is 83.0 Å². The lowest BCUT2D eigenvalue weighted by Crippen LogP contribution is -2.21. The van der Waals surface area contributed by atoms with E-state index < -0.39 is 0 Å². The van der Waals surface area contributed by atoms with E-state index in [1.807, 2.05) is 0 Å². The molecule has 0 saturated heterocycles. The quantitative estimate of drug-likeness (QED) is 0.176. The Bertz CT molecular complexity index is 3360. The first-order valence-electron chi connectivity index (χ1n) is 20.1. The fourth-order valence-electron chi connectivity index (χ4n) is 8.98. The van der Waals surface area contributed by atoms with Gasteiger partial charge in [0.15, 0.2) is 0 Å². The zero-order valence-corrected chi connectivity index (χ0v) is 33.3. The monoisotopic (exact) mass is 750 g/mol. The van der Waals surface area contributed by atoms with Gasteiger partial charge in [0.25, 0.3) is 0 Å². The first-order chi connectivity index (χ1) is 28.2. The van der Waals surface area contributed by atoms with Crippen molar-refractivity contribution >= 4 is 65.4 Å². The molecule has 7 aromatic carbocycles. The molecule has 6 heteroatoms. The maximum Gasteiger partial charge on any atom is 0.239 e. The Labute approximate surface area is 336 Å². The highest BCUT2D eigenvalue weighted by Gasteiger charge is 2.28. The predicted molar refractivity (Wildman–Crippen MR) is 240 cm³/mol. The van der Waals surface area contributed by atoms with Gasteiger partial charge in [-0.05, 0) is 59.7 Å². The van der Waals surface area contributed by atoms with Gasteiger partial charge in [0.1, 0.15) is 5.82 Å². The Morgan fingerprint density at radius 3 is 1.16 bits per heavy atom. The van der Waals surface area contributed by atoms with Crippen LogP contribution in [0, 0.1) is 0 Å². The summed E-state index contributed by atoms with van der Waals surface area (Å²) in [7, 11) is 0. The molecule has 0 unspecified atom stereocenters. The molecule has 6 nitrogen and oxygen atoms in total. The molecule has 0 radical (unpaired) electrons. The fraction of sp³-hybridized carbons (Fsp3) is 0.135. The van der Waals surface area contributed by atoms with Crippen molar-refractivity contribution < 1.29 is 0 Å². The van der Waals surface area contributed by atoms with Crippen molar-refractivity contribution in [3.63, 3.8) is 0 Å². The van der Waals surface area contributed by atoms with E-state index >= 15 is 0 Å². The fourth-order valence-corrected chi connectivity index (χ4v) is 8.98. The predicted octanol–water partition coefficient (Wildman–Crippen LogP) is 12.8. The third-order valence-corrected chi connectivity index (χ3v) is 12.1. The number of fused-ring (bicyclic) bond motifs is 9. The van der Waals surface area contributed by atoms with E-state index in [1.165, 1.54) is 43.7 Å². The van der Waals surface area contributed by atoms with Gasteiger partial charge in [0, 0.05) is 48.8 Å². The summed E-state index contributed by atoms with van der Waals surface area (Å²) in [6.07, 6.45) is 0. The topological polar surface area (TPSA) is 53.5 Å². The van der Waals surface area contributed by atoms with Gasteiger partial charge in [-0.15, -0.1) is 0 Å². The highest BCUT2D eigenvalue weighted by atomic mass is 15.3. The van der Waals surface area contributed by atoms with E-state index in [1.54, 1.807) is 0 Å². The molecule has 11 aromatic rings. The van der Waals surface area contributed by atoms with Crippen molar-refractivity contribution in [2.24, 2.45) is 0 Å². The summed E-state index contributed by atoms with van der Waals surface area (Å²) in [6.45, 7) is 11.2. The summed E-state index contributed by atoms with van der Waals surface area (Å²) in [5.41, 5.74) is 9.58. The lowest BCUT2D eigenvalue weighted by Gasteiger charge is -2.27. The summed E-state index contributed by atoms with van der Waals surface area (Å²) in [6, 6.07) is 58.9. The smallest absolute Gasteiger partial charge is 0.239 e. The summed E-state index contributed by atoms with van der Waals surface area (Å²) in [5.74, 6) is 1.95. The van der Waals surface area contributed by atoms with Crippen molar-refractivity contribution in [1.29, 1.82) is 0 Å². The van der Waals surface area contributed by atoms with Crippen molar-refractivity contribution in [1.82, 2.24) is 28.7 Å². The summed E-state index contributed by atoms with van der Waals surface area (Å²) < 4.78 is 6.83. The van der Waals surface area contributed by atoms with Crippen LogP contribution < -0.4 is 0 Å². The Hall–Kier alpha value is -7.05. The molecule has 0 spiro atoms. The van der Waals surface area contributed by atoms with Gasteiger partial charge in [0.05, 0.1) is 33.1 Å². The molecule has 0 aliphatic heterocycles. The maximum atomic E-state index is 5.38. The van der Waals surface area contributed by atoms with Crippen molar-refractivity contribution in [2.75, 3.05) is 0 Å². The molecule has 0 aliphatic carbocycles. The van der Waals surface area contributed by atoms with E-state index in [0.717, 1.165) is 44.4 Å². The second kappa shape index (κ2) is 12.5. The standard InChI is InChI=1S/C52H42N6/c1-51(2,3)48-53-49(57-43-24-14-10-19-36(43)37-20-11-15-25-44(37)57)55-50(54-48)58-45-26-16-12-22-39(45)41-30-28-34(32-47(41)58)52(4,5)33-27-29-40-38-21-9-13-23-42(38)56(46(40)31-33)35-17-7-6-8-18-35/h6-32H,1-5H3. The molecular formula is C52H42N6. The Morgan fingerprint density at radius 1 is 0.345 bits per heavy atom. The van der Waals surface area contributed by atoms with Crippen LogP contribution >= 0.6 is 0 Å². The molecule has 0 saturated carbocycles. The highest BCUT2D eigenvalue weighted by Crippen LogP contribution is 2.41. The van der Waals surface area contributed by atoms with Crippen LogP contribution in [-0.4, -0.2) is 28.7 Å². The number of hydrogen-bond donors (Lipinski definition) is 0. The van der Waals surface area contributed by atoms with Crippen molar-refractivity contribution in [3.05, 3.63) is 181 Å². The summed E-state index contributed by atoms with van der Waals surface area (Å²) >= 11 is 0. The minimum atomic E-state index is -0.342. The van der Waals surface area contributed by atoms with Gasteiger partial charge in [-0.1, -0.05) is 150 Å². The number of rotatable bonds is 5. The van der Waals surface area contributed by atoms with Gasteiger partial charge < -0.3 is 4.57 Å². The molecule has 11 rings (SSSR count). The lowest BCUT2D eigenvalue weighted by atomic mass is 9.77. The average Bonchev–Trinajstić information content (AvgIpc) is 3.89. The molecule has 0 fully saturated rings. The number of benzene rings is 7. The van der Waals surface area contributed by atoms with Crippen LogP contribution in [0.15, 0.2) is 164 Å². The van der Waals surface area contributed by atoms with Crippen molar-refractivity contribution in [3.8, 4) is 17.6 Å². The number of para-hydroxylation sites is 5. The Balaban J connectivity index is 1.14. The third-order valence-electron chi connectivity index (χ3n) is 12.1. The van der Waals surface area contributed by atoms with E-state index in [0.29, 0.717) is 11.9 Å². The first-order valence-corrected chi connectivity index (χ1v) is 20.1. The van der Waals surface area contributed by atoms with Crippen molar-refractivity contribution in [2.45, 2.75) is 45.4 Å². The molecule has 0 aliphatic rings.